The molecule has 6 aromatic rings. The zero-order valence-corrected chi connectivity index (χ0v) is 38.8. The minimum atomic E-state index is -1.27. The first-order valence-electron chi connectivity index (χ1n) is 18.7. The van der Waals surface area contributed by atoms with E-state index in [4.69, 9.17) is 51.7 Å². The molecule has 0 fully saturated rings. The van der Waals surface area contributed by atoms with E-state index in [1.54, 1.807) is 81.9 Å². The van der Waals surface area contributed by atoms with Gasteiger partial charge in [0.15, 0.2) is 48.7 Å². The predicted octanol–water partition coefficient (Wildman–Crippen LogP) is 6.26. The van der Waals surface area contributed by atoms with Crippen molar-refractivity contribution in [3.8, 4) is 58.6 Å². The molecule has 9 N–H and O–H groups in total. The molecule has 0 spiro atoms. The van der Waals surface area contributed by atoms with Crippen molar-refractivity contribution in [2.75, 3.05) is 36.2 Å². The first kappa shape index (κ1) is 51.7. The molecular formula is C44H47AtN8O12. The van der Waals surface area contributed by atoms with Gasteiger partial charge in [0.25, 0.3) is 0 Å². The number of ether oxygens (including phenoxy) is 2. The summed E-state index contributed by atoms with van der Waals surface area (Å²) in [5.74, 6) is 0.930. The molecule has 20 nitrogen and oxygen atoms in total. The van der Waals surface area contributed by atoms with Crippen LogP contribution >= 0.6 is 0 Å². The number of rotatable bonds is 15. The fraction of sp³-hybridized carbons (Fsp3) is 0.182. The molecule has 2 aromatic heterocycles. The molecule has 0 radical (unpaired) electrons. The third kappa shape index (κ3) is 17.9. The van der Waals surface area contributed by atoms with Gasteiger partial charge in [0.1, 0.15) is 22.6 Å². The average Bonchev–Trinajstić information content (AvgIpc) is 4.07. The number of aromatic nitrogens is 2. The summed E-state index contributed by atoms with van der Waals surface area (Å²) in [6.45, 7) is 6.18. The van der Waals surface area contributed by atoms with E-state index in [2.05, 4.69) is 61.6 Å². The number of nitrogens with one attached hydrogen (secondary N) is 5. The van der Waals surface area contributed by atoms with Gasteiger partial charge < -0.3 is 53.8 Å². The summed E-state index contributed by atoms with van der Waals surface area (Å²) in [5.41, 5.74) is 17.3. The van der Waals surface area contributed by atoms with E-state index >= 15 is 0 Å². The monoisotopic (exact) mass is 1090 g/mol. The Morgan fingerprint density at radius 1 is 0.631 bits per heavy atom. The SMILES string of the molecule is COc1cc(NOC#CONC(C)(C)C(=O)Nc2ccccc2)ccc1-c1cnco1.COc1cc(NOC#CONC(C)(C)C(=O)O)ccc1-c1cnco1.Nc1ccccc1.O[At]. The number of carbonyl (C=O) groups is 2. The number of oxazole rings is 2. The number of methoxy groups -OCH3 is 2. The van der Waals surface area contributed by atoms with E-state index < -0.39 is 17.0 Å². The van der Waals surface area contributed by atoms with Gasteiger partial charge in [0.05, 0.1) is 49.1 Å². The van der Waals surface area contributed by atoms with Gasteiger partial charge in [0, 0.05) is 23.5 Å². The normalized spacial score (nSPS) is 9.97. The number of nitrogens with zero attached hydrogens (tertiary/aromatic N) is 2. The molecule has 2 heterocycles. The fourth-order valence-corrected chi connectivity index (χ4v) is 4.52. The first-order valence-corrected chi connectivity index (χ1v) is 20.0. The van der Waals surface area contributed by atoms with Crippen LogP contribution < -0.4 is 42.4 Å². The Morgan fingerprint density at radius 2 is 1.06 bits per heavy atom. The van der Waals surface area contributed by atoms with E-state index in [0.29, 0.717) is 40.1 Å². The summed E-state index contributed by atoms with van der Waals surface area (Å²) < 4.78 is 28.3. The van der Waals surface area contributed by atoms with Crippen LogP contribution in [0.1, 0.15) is 27.7 Å². The van der Waals surface area contributed by atoms with Crippen molar-refractivity contribution in [2.24, 2.45) is 0 Å². The van der Waals surface area contributed by atoms with Gasteiger partial charge in [-0.05, 0) is 76.2 Å². The van der Waals surface area contributed by atoms with Crippen LogP contribution in [0.25, 0.3) is 22.6 Å². The standard InChI is InChI=1S/C22H22N4O5.C16H17N3O6.C6H7N.AtHO/c1-22(2,21(27)24-16-7-5-4-6-8-16)26-31-12-11-30-25-17-9-10-18(19(13-17)28-3)20-14-23-15-29-20;1-16(2,15(20)21)19-25-7-6-24-18-11-4-5-12(13(8-11)22-3)14-9-17-10-23-14;7-6-4-2-1-3-5-6;1-2/h4-10,13-15,25-26H,1-3H3,(H,24,27);4-5,8-10,18-19H,1-3H3,(H,20,21);1-5H,7H2;2H. The maximum atomic E-state index is 12.3. The Kier molecular flexibility index (Phi) is 21.8. The Labute approximate surface area is 390 Å². The minimum absolute atomic E-state index is 0.279. The molecule has 65 heavy (non-hydrogen) atoms. The van der Waals surface area contributed by atoms with Gasteiger partial charge in [-0.1, -0.05) is 36.4 Å². The summed E-state index contributed by atoms with van der Waals surface area (Å²) in [6.07, 6.45) is 14.9. The predicted molar refractivity (Wildman–Crippen MR) is 234 cm³/mol. The van der Waals surface area contributed by atoms with Crippen LogP contribution in [0.15, 0.2) is 131 Å². The molecule has 342 valence electrons. The number of para-hydroxylation sites is 2. The molecule has 6 rings (SSSR count). The second-order valence-electron chi connectivity index (χ2n) is 13.6. The first-order chi connectivity index (χ1) is 31.3. The molecule has 0 saturated carbocycles. The number of hydroxylamine groups is 2. The zero-order valence-electron chi connectivity index (χ0n) is 35.9. The quantitative estimate of drug-likeness (QED) is 0.0320. The summed E-state index contributed by atoms with van der Waals surface area (Å²) in [5, 5.41) is 11.7. The van der Waals surface area contributed by atoms with Crippen molar-refractivity contribution in [3.63, 3.8) is 0 Å². The molecule has 1 amide bonds. The van der Waals surface area contributed by atoms with Crippen molar-refractivity contribution in [2.45, 2.75) is 38.8 Å². The zero-order chi connectivity index (χ0) is 47.5. The number of hydrogen-bond donors (Lipinski definition) is 8. The topological polar surface area (TPSA) is 268 Å². The molecule has 21 heteroatoms. The number of anilines is 4. The van der Waals surface area contributed by atoms with Crippen LogP contribution in [0.4, 0.5) is 22.7 Å². The summed E-state index contributed by atoms with van der Waals surface area (Å²) in [4.78, 5) is 50.6. The van der Waals surface area contributed by atoms with Crippen molar-refractivity contribution in [1.82, 2.24) is 20.9 Å². The number of aliphatic carboxylic acids is 1. The van der Waals surface area contributed by atoms with E-state index in [0.717, 1.165) is 42.0 Å². The summed E-state index contributed by atoms with van der Waals surface area (Å²) >= 11 is 0.722. The van der Waals surface area contributed by atoms with Crippen LogP contribution in [0, 0.1) is 49.6 Å². The van der Waals surface area contributed by atoms with Crippen molar-refractivity contribution >= 4 is 34.6 Å². The van der Waals surface area contributed by atoms with Crippen molar-refractivity contribution in [1.29, 1.82) is 0 Å². The number of carboxylic acids is 1. The van der Waals surface area contributed by atoms with Crippen molar-refractivity contribution < 1.29 is 80.7 Å². The Balaban J connectivity index is 0.000000294. The van der Waals surface area contributed by atoms with E-state index in [9.17, 15) is 9.59 Å². The van der Waals surface area contributed by atoms with E-state index in [1.807, 2.05) is 48.5 Å². The molecule has 0 saturated heterocycles. The fourth-order valence-electron chi connectivity index (χ4n) is 4.52. The molecule has 0 bridgehead atoms. The van der Waals surface area contributed by atoms with Crippen molar-refractivity contribution in [3.05, 3.63) is 122 Å². The third-order valence-electron chi connectivity index (χ3n) is 7.97. The molecule has 4 aromatic carbocycles. The second kappa shape index (κ2) is 27.4. The summed E-state index contributed by atoms with van der Waals surface area (Å²) in [7, 11) is 3.08. The number of nitrogen functional groups attached to an aromatic ring is 1. The van der Waals surface area contributed by atoms with Gasteiger partial charge in [-0.2, -0.15) is 0 Å². The van der Waals surface area contributed by atoms with Crippen LogP contribution in [0.3, 0.4) is 0 Å². The van der Waals surface area contributed by atoms with Gasteiger partial charge in [0.2, 0.25) is 5.91 Å². The second-order valence-corrected chi connectivity index (χ2v) is 13.6. The van der Waals surface area contributed by atoms with Crippen LogP contribution in [-0.4, -0.2) is 55.4 Å². The van der Waals surface area contributed by atoms with Gasteiger partial charge >= 0.3 is 34.3 Å². The Bertz CT molecular complexity index is 2450. The summed E-state index contributed by atoms with van der Waals surface area (Å²) in [6, 6.07) is 29.1. The number of carboxylic acid groups (broad SMARTS) is 1. The number of benzene rings is 4. The van der Waals surface area contributed by atoms with E-state index in [-0.39, 0.29) is 5.91 Å². The Hall–Kier alpha value is -7.68. The van der Waals surface area contributed by atoms with E-state index in [1.165, 1.54) is 33.7 Å². The van der Waals surface area contributed by atoms with Gasteiger partial charge in [-0.15, -0.1) is 11.0 Å². The molecular weight excluding hydrogens is 1040 g/mol. The van der Waals surface area contributed by atoms with Crippen LogP contribution in [-0.2, 0) is 28.9 Å². The molecule has 0 aliphatic heterocycles. The number of amides is 1. The Morgan fingerprint density at radius 3 is 1.45 bits per heavy atom. The maximum absolute atomic E-state index is 12.3. The molecule has 0 unspecified atom stereocenters. The van der Waals surface area contributed by atoms with Gasteiger partial charge in [-0.3, -0.25) is 9.59 Å². The molecule has 0 atom stereocenters. The third-order valence-corrected chi connectivity index (χ3v) is 7.97. The average molecular weight is 1090 g/mol. The van der Waals surface area contributed by atoms with Gasteiger partial charge in [-0.25, -0.2) is 20.9 Å². The molecule has 0 aliphatic carbocycles. The number of nitrogens with two attached hydrogens (primary N) is 1. The van der Waals surface area contributed by atoms with Crippen LogP contribution in [0.2, 0.25) is 0 Å². The number of carbonyl (C=O) groups excluding carboxylic acids is 1. The number of hydrogen-bond acceptors (Lipinski definition) is 18. The molecule has 0 aliphatic rings. The van der Waals surface area contributed by atoms with Crippen LogP contribution in [0.5, 0.6) is 11.5 Å².